The summed E-state index contributed by atoms with van der Waals surface area (Å²) < 4.78 is 25.4. The first-order valence-electron chi connectivity index (χ1n) is 10.5. The molecule has 32 heavy (non-hydrogen) atoms. The van der Waals surface area contributed by atoms with Crippen LogP contribution in [0.3, 0.4) is 0 Å². The molecule has 0 radical (unpaired) electrons. The lowest BCUT2D eigenvalue weighted by molar-refractivity contribution is -0.128. The second-order valence-electron chi connectivity index (χ2n) is 8.87. The Morgan fingerprint density at radius 3 is 2.50 bits per heavy atom. The van der Waals surface area contributed by atoms with E-state index in [0.29, 0.717) is 17.9 Å². The number of amides is 2. The highest BCUT2D eigenvalue weighted by Crippen LogP contribution is 2.41. The maximum absolute atomic E-state index is 13.3. The van der Waals surface area contributed by atoms with Crippen LogP contribution in [-0.4, -0.2) is 96.3 Å². The number of likely N-dealkylation sites (N-methyl/N-ethyl adjacent to an activating group) is 1. The smallest absolute Gasteiger partial charge is 0.274 e. The first-order valence-corrected chi connectivity index (χ1v) is 13.2. The third-order valence-corrected chi connectivity index (χ3v) is 8.12. The van der Waals surface area contributed by atoms with Gasteiger partial charge < -0.3 is 9.80 Å². The summed E-state index contributed by atoms with van der Waals surface area (Å²) in [5.74, 6) is -1.41. The van der Waals surface area contributed by atoms with E-state index in [2.05, 4.69) is 21.8 Å². The van der Waals surface area contributed by atoms with Crippen LogP contribution in [0.2, 0.25) is 0 Å². The molecule has 0 N–H and O–H groups in total. The van der Waals surface area contributed by atoms with Gasteiger partial charge in [-0.25, -0.2) is 17.7 Å². The second kappa shape index (κ2) is 9.38. The molecule has 0 saturated carbocycles. The van der Waals surface area contributed by atoms with E-state index >= 15 is 0 Å². The summed E-state index contributed by atoms with van der Waals surface area (Å²) >= 11 is 1.46. The number of halogens is 1. The number of rotatable bonds is 5. The maximum atomic E-state index is 13.3. The van der Waals surface area contributed by atoms with Crippen molar-refractivity contribution >= 4 is 45.6 Å². The van der Waals surface area contributed by atoms with Crippen LogP contribution in [0.4, 0.5) is 0 Å². The summed E-state index contributed by atoms with van der Waals surface area (Å²) in [6.45, 7) is 8.72. The zero-order chi connectivity index (χ0) is 22.5. The molecule has 2 amide bonds. The van der Waals surface area contributed by atoms with Crippen LogP contribution in [0.15, 0.2) is 17.2 Å². The van der Waals surface area contributed by atoms with E-state index in [-0.39, 0.29) is 30.8 Å². The number of piperazine rings is 1. The molecule has 0 unspecified atom stereocenters. The topological polar surface area (TPSA) is 94.1 Å². The van der Waals surface area contributed by atoms with Crippen molar-refractivity contribution in [1.29, 1.82) is 0 Å². The monoisotopic (exact) mass is 503 g/mol. The number of nitrogens with zero attached hydrogens (tertiary/aromatic N) is 5. The number of carbonyl (C=O) groups is 2. The fourth-order valence-corrected chi connectivity index (χ4v) is 6.43. The first kappa shape index (κ1) is 25.1. The SMILES string of the molecule is CC(C)[C@@H]1C(=O)N(S(C)(=O)=O)C2=CCN(C(=O)c3csc(CN4CCN(C)CC4)n3)[C@H]21.Cl. The lowest BCUT2D eigenvalue weighted by Gasteiger charge is -2.31. The summed E-state index contributed by atoms with van der Waals surface area (Å²) in [6, 6.07) is -0.572. The molecule has 12 heteroatoms. The molecule has 0 spiro atoms. The molecule has 2 atom stereocenters. The van der Waals surface area contributed by atoms with Gasteiger partial charge in [-0.1, -0.05) is 13.8 Å². The molecular formula is C20H30ClN5O4S2. The number of sulfonamides is 1. The first-order chi connectivity index (χ1) is 14.6. The van der Waals surface area contributed by atoms with E-state index < -0.39 is 27.9 Å². The fraction of sp³-hybridized carbons (Fsp3) is 0.650. The Morgan fingerprint density at radius 1 is 1.25 bits per heavy atom. The standard InChI is InChI=1S/C20H29N5O4S2.ClH/c1-13(2)17-18-15(25(20(17)27)31(4,28)29)5-6-24(18)19(26)14-12-30-16(21-14)11-23-9-7-22(3)8-10-23;/h5,12-13,17-18H,6-11H2,1-4H3;1H/t17-,18+;/m0./s1. The summed E-state index contributed by atoms with van der Waals surface area (Å²) in [5, 5.41) is 2.65. The van der Waals surface area contributed by atoms with Crippen LogP contribution in [0, 0.1) is 11.8 Å². The number of fused-ring (bicyclic) bond motifs is 1. The number of carbonyl (C=O) groups excluding carboxylic acids is 2. The largest absolute Gasteiger partial charge is 0.324 e. The van der Waals surface area contributed by atoms with Crippen LogP contribution < -0.4 is 0 Å². The van der Waals surface area contributed by atoms with Crippen molar-refractivity contribution in [2.24, 2.45) is 11.8 Å². The Morgan fingerprint density at radius 2 is 1.91 bits per heavy atom. The van der Waals surface area contributed by atoms with Gasteiger partial charge in [0.1, 0.15) is 10.7 Å². The van der Waals surface area contributed by atoms with Crippen LogP contribution in [0.5, 0.6) is 0 Å². The van der Waals surface area contributed by atoms with Crippen molar-refractivity contribution in [2.45, 2.75) is 26.4 Å². The van der Waals surface area contributed by atoms with Gasteiger partial charge in [0.25, 0.3) is 5.91 Å². The number of thiazole rings is 1. The molecule has 4 rings (SSSR count). The quantitative estimate of drug-likeness (QED) is 0.593. The lowest BCUT2D eigenvalue weighted by Crippen LogP contribution is -2.44. The van der Waals surface area contributed by atoms with Gasteiger partial charge in [0, 0.05) is 38.1 Å². The maximum Gasteiger partial charge on any atom is 0.274 e. The van der Waals surface area contributed by atoms with Gasteiger partial charge in [-0.15, -0.1) is 23.7 Å². The van der Waals surface area contributed by atoms with Crippen LogP contribution in [-0.2, 0) is 21.4 Å². The lowest BCUT2D eigenvalue weighted by atomic mass is 9.89. The molecule has 178 valence electrons. The molecule has 1 aromatic rings. The fourth-order valence-electron chi connectivity index (χ4n) is 4.60. The minimum atomic E-state index is -3.75. The van der Waals surface area contributed by atoms with Crippen molar-refractivity contribution in [1.82, 2.24) is 24.0 Å². The van der Waals surface area contributed by atoms with E-state index in [0.717, 1.165) is 41.7 Å². The van der Waals surface area contributed by atoms with Gasteiger partial charge in [-0.3, -0.25) is 14.5 Å². The number of hydrogen-bond donors (Lipinski definition) is 0. The van der Waals surface area contributed by atoms with E-state index in [4.69, 9.17) is 0 Å². The normalized spacial score (nSPS) is 24.7. The summed E-state index contributed by atoms with van der Waals surface area (Å²) in [6.07, 6.45) is 2.71. The van der Waals surface area contributed by atoms with Crippen LogP contribution in [0.25, 0.3) is 0 Å². The van der Waals surface area contributed by atoms with Gasteiger partial charge in [-0.05, 0) is 19.0 Å². The molecule has 1 aromatic heterocycles. The van der Waals surface area contributed by atoms with Crippen LogP contribution in [0.1, 0.15) is 29.3 Å². The molecule has 4 heterocycles. The molecule has 3 aliphatic rings. The Labute approximate surface area is 199 Å². The molecule has 2 fully saturated rings. The molecule has 3 aliphatic heterocycles. The zero-order valence-electron chi connectivity index (χ0n) is 18.7. The number of hydrogen-bond acceptors (Lipinski definition) is 8. The van der Waals surface area contributed by atoms with E-state index in [9.17, 15) is 18.0 Å². The van der Waals surface area contributed by atoms with Gasteiger partial charge in [0.2, 0.25) is 15.9 Å². The van der Waals surface area contributed by atoms with Crippen molar-refractivity contribution in [3.05, 3.63) is 27.9 Å². The van der Waals surface area contributed by atoms with Crippen molar-refractivity contribution in [3.63, 3.8) is 0 Å². The molecular weight excluding hydrogens is 474 g/mol. The van der Waals surface area contributed by atoms with E-state index in [1.54, 1.807) is 16.4 Å². The predicted octanol–water partition coefficient (Wildman–Crippen LogP) is 1.09. The van der Waals surface area contributed by atoms with Crippen molar-refractivity contribution < 1.29 is 18.0 Å². The summed E-state index contributed by atoms with van der Waals surface area (Å²) in [5.41, 5.74) is 0.754. The molecule has 2 saturated heterocycles. The Kier molecular flexibility index (Phi) is 7.36. The van der Waals surface area contributed by atoms with E-state index in [1.807, 2.05) is 13.8 Å². The van der Waals surface area contributed by atoms with Gasteiger partial charge in [0.05, 0.1) is 30.5 Å². The molecule has 0 aliphatic carbocycles. The predicted molar refractivity (Wildman–Crippen MR) is 125 cm³/mol. The minimum Gasteiger partial charge on any atom is -0.324 e. The Hall–Kier alpha value is -1.53. The van der Waals surface area contributed by atoms with Gasteiger partial charge >= 0.3 is 0 Å². The van der Waals surface area contributed by atoms with E-state index in [1.165, 1.54) is 11.3 Å². The average Bonchev–Trinajstić information content (AvgIpc) is 3.36. The highest BCUT2D eigenvalue weighted by Gasteiger charge is 2.55. The molecule has 0 bridgehead atoms. The Bertz CT molecular complexity index is 1020. The second-order valence-corrected chi connectivity index (χ2v) is 11.6. The van der Waals surface area contributed by atoms with Gasteiger partial charge in [-0.2, -0.15) is 0 Å². The van der Waals surface area contributed by atoms with Crippen LogP contribution >= 0.6 is 23.7 Å². The molecule has 9 nitrogen and oxygen atoms in total. The summed E-state index contributed by atoms with van der Waals surface area (Å²) in [4.78, 5) is 37.0. The molecule has 0 aromatic carbocycles. The minimum absolute atomic E-state index is 0. The van der Waals surface area contributed by atoms with Crippen molar-refractivity contribution in [3.8, 4) is 0 Å². The highest BCUT2D eigenvalue weighted by atomic mass is 35.5. The highest BCUT2D eigenvalue weighted by molar-refractivity contribution is 7.89. The number of aromatic nitrogens is 1. The van der Waals surface area contributed by atoms with Gasteiger partial charge in [0.15, 0.2) is 0 Å². The summed E-state index contributed by atoms with van der Waals surface area (Å²) in [7, 11) is -1.64. The third-order valence-electron chi connectivity index (χ3n) is 6.23. The third kappa shape index (κ3) is 4.58. The Balaban J connectivity index is 0.00000289. The average molecular weight is 504 g/mol. The van der Waals surface area contributed by atoms with Crippen molar-refractivity contribution in [2.75, 3.05) is 46.0 Å². The zero-order valence-corrected chi connectivity index (χ0v) is 21.2.